The molecule has 0 spiro atoms. The first-order valence-corrected chi connectivity index (χ1v) is 12.3. The van der Waals surface area contributed by atoms with Gasteiger partial charge in [0.05, 0.1) is 13.2 Å². The number of nitrogens with one attached hydrogen (secondary N) is 2. The number of amides is 1. The van der Waals surface area contributed by atoms with Crippen molar-refractivity contribution in [3.05, 3.63) is 83.4 Å². The van der Waals surface area contributed by atoms with Gasteiger partial charge in [-0.3, -0.25) is 4.79 Å². The molecule has 1 amide bonds. The van der Waals surface area contributed by atoms with Crippen LogP contribution in [0.25, 0.3) is 11.1 Å². The number of carbonyl (C=O) groups is 1. The fourth-order valence-electron chi connectivity index (χ4n) is 4.19. The Hall–Kier alpha value is -3.19. The molecule has 0 unspecified atom stereocenters. The van der Waals surface area contributed by atoms with Gasteiger partial charge in [0.1, 0.15) is 0 Å². The van der Waals surface area contributed by atoms with Crippen molar-refractivity contribution in [3.8, 4) is 11.1 Å². The molecule has 0 saturated carbocycles. The first-order chi connectivity index (χ1) is 17.0. The Labute approximate surface area is 208 Å². The lowest BCUT2D eigenvalue weighted by atomic mass is 9.97. The van der Waals surface area contributed by atoms with Crippen molar-refractivity contribution in [1.82, 2.24) is 10.2 Å². The number of aryl methyl sites for hydroxylation is 1. The van der Waals surface area contributed by atoms with E-state index in [2.05, 4.69) is 77.9 Å². The number of morpholine rings is 1. The molecule has 0 aromatic heterocycles. The molecule has 0 aliphatic carbocycles. The largest absolute Gasteiger partial charge is 0.378 e. The molecule has 2 N–H and O–H groups in total. The molecule has 1 aliphatic heterocycles. The van der Waals surface area contributed by atoms with Crippen molar-refractivity contribution < 1.29 is 9.53 Å². The minimum Gasteiger partial charge on any atom is -0.378 e. The zero-order chi connectivity index (χ0) is 24.6. The van der Waals surface area contributed by atoms with Crippen LogP contribution in [0.15, 0.2) is 66.7 Å². The smallest absolute Gasteiger partial charge is 0.255 e. The molecule has 6 nitrogen and oxygen atoms in total. The van der Waals surface area contributed by atoms with Crippen molar-refractivity contribution in [2.75, 3.05) is 63.7 Å². The van der Waals surface area contributed by atoms with E-state index in [-0.39, 0.29) is 5.91 Å². The molecule has 3 aromatic carbocycles. The second-order valence-corrected chi connectivity index (χ2v) is 9.31. The van der Waals surface area contributed by atoms with Crippen LogP contribution in [0.5, 0.6) is 0 Å². The number of benzene rings is 3. The summed E-state index contributed by atoms with van der Waals surface area (Å²) in [6.45, 7) is 8.20. The van der Waals surface area contributed by atoms with E-state index in [0.717, 1.165) is 74.0 Å². The van der Waals surface area contributed by atoms with Gasteiger partial charge in [0.15, 0.2) is 0 Å². The second-order valence-electron chi connectivity index (χ2n) is 9.31. The molecule has 4 rings (SSSR count). The topological polar surface area (TPSA) is 56.8 Å². The summed E-state index contributed by atoms with van der Waals surface area (Å²) in [4.78, 5) is 17.5. The van der Waals surface area contributed by atoms with Crippen molar-refractivity contribution in [2.24, 2.45) is 0 Å². The van der Waals surface area contributed by atoms with Gasteiger partial charge in [0.25, 0.3) is 5.91 Å². The lowest BCUT2D eigenvalue weighted by molar-refractivity contribution is 0.102. The molecule has 1 saturated heterocycles. The van der Waals surface area contributed by atoms with Crippen LogP contribution in [-0.2, 0) is 11.3 Å². The molecular weight excluding hydrogens is 436 g/mol. The van der Waals surface area contributed by atoms with Gasteiger partial charge in [-0.25, -0.2) is 0 Å². The summed E-state index contributed by atoms with van der Waals surface area (Å²) in [7, 11) is 4.16. The third-order valence-corrected chi connectivity index (χ3v) is 6.33. The van der Waals surface area contributed by atoms with Crippen LogP contribution < -0.4 is 15.5 Å². The summed E-state index contributed by atoms with van der Waals surface area (Å²) in [6, 6.07) is 22.5. The normalized spacial score (nSPS) is 13.8. The summed E-state index contributed by atoms with van der Waals surface area (Å²) >= 11 is 0. The predicted octanol–water partition coefficient (Wildman–Crippen LogP) is 4.40. The van der Waals surface area contributed by atoms with Gasteiger partial charge in [0.2, 0.25) is 0 Å². The second kappa shape index (κ2) is 12.0. The minimum absolute atomic E-state index is 0.105. The van der Waals surface area contributed by atoms with Crippen LogP contribution >= 0.6 is 0 Å². The maximum absolute atomic E-state index is 13.0. The van der Waals surface area contributed by atoms with Gasteiger partial charge in [-0.15, -0.1) is 0 Å². The van der Waals surface area contributed by atoms with Crippen molar-refractivity contribution in [2.45, 2.75) is 13.5 Å². The van der Waals surface area contributed by atoms with Gasteiger partial charge in [-0.05, 0) is 79.7 Å². The maximum atomic E-state index is 13.0. The molecule has 0 atom stereocenters. The van der Waals surface area contributed by atoms with E-state index >= 15 is 0 Å². The molecule has 1 fully saturated rings. The molecule has 1 aliphatic rings. The Morgan fingerprint density at radius 1 is 0.971 bits per heavy atom. The van der Waals surface area contributed by atoms with E-state index < -0.39 is 0 Å². The SMILES string of the molecule is Cc1ccc(C(=O)Nc2ccc(N3CCOCC3)cc2)cc1-c1ccc(CNCCN(C)C)cc1. The highest BCUT2D eigenvalue weighted by Crippen LogP contribution is 2.26. The number of ether oxygens (including phenoxy) is 1. The number of anilines is 2. The van der Waals surface area contributed by atoms with Gasteiger partial charge >= 0.3 is 0 Å². The zero-order valence-electron chi connectivity index (χ0n) is 21.0. The number of carbonyl (C=O) groups excluding carboxylic acids is 1. The monoisotopic (exact) mass is 472 g/mol. The Balaban J connectivity index is 1.39. The fourth-order valence-corrected chi connectivity index (χ4v) is 4.19. The third kappa shape index (κ3) is 6.92. The minimum atomic E-state index is -0.105. The Morgan fingerprint density at radius 2 is 1.69 bits per heavy atom. The highest BCUT2D eigenvalue weighted by atomic mass is 16.5. The molecule has 6 heteroatoms. The van der Waals surface area contributed by atoms with Crippen molar-refractivity contribution >= 4 is 17.3 Å². The lowest BCUT2D eigenvalue weighted by Crippen LogP contribution is -2.36. The van der Waals surface area contributed by atoms with Crippen LogP contribution in [0.2, 0.25) is 0 Å². The number of rotatable bonds is 9. The molecule has 184 valence electrons. The molecule has 35 heavy (non-hydrogen) atoms. The van der Waals surface area contributed by atoms with E-state index in [1.165, 1.54) is 5.56 Å². The Kier molecular flexibility index (Phi) is 8.53. The summed E-state index contributed by atoms with van der Waals surface area (Å²) in [5.74, 6) is -0.105. The van der Waals surface area contributed by atoms with E-state index in [9.17, 15) is 4.79 Å². The number of hydrogen-bond acceptors (Lipinski definition) is 5. The summed E-state index contributed by atoms with van der Waals surface area (Å²) in [5.41, 5.74) is 7.18. The van der Waals surface area contributed by atoms with E-state index in [1.54, 1.807) is 0 Å². The fraction of sp³-hybridized carbons (Fsp3) is 0.345. The summed E-state index contributed by atoms with van der Waals surface area (Å²) < 4.78 is 5.43. The average Bonchev–Trinajstić information content (AvgIpc) is 2.88. The van der Waals surface area contributed by atoms with Crippen LogP contribution in [-0.4, -0.2) is 64.3 Å². The van der Waals surface area contributed by atoms with Crippen molar-refractivity contribution in [1.29, 1.82) is 0 Å². The number of hydrogen-bond donors (Lipinski definition) is 2. The van der Waals surface area contributed by atoms with Gasteiger partial charge in [0, 0.05) is 49.7 Å². The van der Waals surface area contributed by atoms with E-state index in [1.807, 2.05) is 30.3 Å². The maximum Gasteiger partial charge on any atom is 0.255 e. The van der Waals surface area contributed by atoms with Crippen LogP contribution in [0, 0.1) is 6.92 Å². The highest BCUT2D eigenvalue weighted by molar-refractivity contribution is 6.05. The van der Waals surface area contributed by atoms with Gasteiger partial charge in [-0.2, -0.15) is 0 Å². The first-order valence-electron chi connectivity index (χ1n) is 12.3. The molecule has 0 radical (unpaired) electrons. The molecule has 3 aromatic rings. The lowest BCUT2D eigenvalue weighted by Gasteiger charge is -2.28. The first kappa shape index (κ1) is 24.9. The van der Waals surface area contributed by atoms with Crippen LogP contribution in [0.3, 0.4) is 0 Å². The van der Waals surface area contributed by atoms with E-state index in [4.69, 9.17) is 4.74 Å². The Bertz CT molecular complexity index is 1100. The van der Waals surface area contributed by atoms with Crippen molar-refractivity contribution in [3.63, 3.8) is 0 Å². The van der Waals surface area contributed by atoms with Gasteiger partial charge < -0.3 is 25.2 Å². The van der Waals surface area contributed by atoms with Crippen LogP contribution in [0.1, 0.15) is 21.5 Å². The summed E-state index contributed by atoms with van der Waals surface area (Å²) in [5, 5.41) is 6.51. The van der Waals surface area contributed by atoms with Crippen LogP contribution in [0.4, 0.5) is 11.4 Å². The number of likely N-dealkylation sites (N-methyl/N-ethyl adjacent to an activating group) is 1. The molecular formula is C29H36N4O2. The van der Waals surface area contributed by atoms with E-state index in [0.29, 0.717) is 5.56 Å². The highest BCUT2D eigenvalue weighted by Gasteiger charge is 2.13. The number of nitrogens with zero attached hydrogens (tertiary/aromatic N) is 2. The molecule has 1 heterocycles. The zero-order valence-corrected chi connectivity index (χ0v) is 21.0. The standard InChI is InChI=1S/C29H36N4O2/c1-22-4-7-25(20-28(22)24-8-5-23(6-9-24)21-30-14-15-32(2)3)29(34)31-26-10-12-27(13-11-26)33-16-18-35-19-17-33/h4-13,20,30H,14-19,21H2,1-3H3,(H,31,34). The summed E-state index contributed by atoms with van der Waals surface area (Å²) in [6.07, 6.45) is 0. The van der Waals surface area contributed by atoms with Gasteiger partial charge in [-0.1, -0.05) is 30.3 Å². The Morgan fingerprint density at radius 3 is 2.37 bits per heavy atom. The average molecular weight is 473 g/mol. The third-order valence-electron chi connectivity index (χ3n) is 6.33. The quantitative estimate of drug-likeness (QED) is 0.452. The molecule has 0 bridgehead atoms. The predicted molar refractivity (Wildman–Crippen MR) is 144 cm³/mol.